The molecule has 1 atom stereocenters. The Bertz CT molecular complexity index is 431. The number of hydrogen-bond acceptors (Lipinski definition) is 2. The first-order valence-electron chi connectivity index (χ1n) is 7.00. The van der Waals surface area contributed by atoms with Crippen LogP contribution in [0.4, 0.5) is 13.2 Å². The molecule has 1 aromatic carbocycles. The summed E-state index contributed by atoms with van der Waals surface area (Å²) in [7, 11) is 0. The summed E-state index contributed by atoms with van der Waals surface area (Å²) in [6.07, 6.45) is -2.36. The van der Waals surface area contributed by atoms with E-state index >= 15 is 0 Å². The molecular formula is C15H21F3N2. The molecule has 2 nitrogen and oxygen atoms in total. The number of nitrogens with one attached hydrogen (secondary N) is 1. The van der Waals surface area contributed by atoms with Crippen molar-refractivity contribution in [3.05, 3.63) is 35.4 Å². The van der Waals surface area contributed by atoms with Gasteiger partial charge in [-0.05, 0) is 31.9 Å². The van der Waals surface area contributed by atoms with Crippen LogP contribution in [0.1, 0.15) is 24.0 Å². The van der Waals surface area contributed by atoms with Crippen LogP contribution in [0.5, 0.6) is 0 Å². The second-order valence-corrected chi connectivity index (χ2v) is 5.56. The van der Waals surface area contributed by atoms with E-state index in [0.717, 1.165) is 25.9 Å². The third-order valence-corrected chi connectivity index (χ3v) is 3.59. The third kappa shape index (κ3) is 5.13. The zero-order valence-corrected chi connectivity index (χ0v) is 11.7. The predicted molar refractivity (Wildman–Crippen MR) is 73.5 cm³/mol. The van der Waals surface area contributed by atoms with Gasteiger partial charge >= 0.3 is 6.18 Å². The Morgan fingerprint density at radius 3 is 2.85 bits per heavy atom. The molecule has 0 aliphatic carbocycles. The molecule has 1 fully saturated rings. The molecule has 0 bridgehead atoms. The van der Waals surface area contributed by atoms with E-state index in [1.807, 2.05) is 19.1 Å². The highest BCUT2D eigenvalue weighted by molar-refractivity contribution is 5.22. The first-order chi connectivity index (χ1) is 9.42. The topological polar surface area (TPSA) is 15.3 Å². The highest BCUT2D eigenvalue weighted by Gasteiger charge is 2.29. The molecular weight excluding hydrogens is 265 g/mol. The molecule has 0 amide bonds. The van der Waals surface area contributed by atoms with Gasteiger partial charge in [0.2, 0.25) is 0 Å². The van der Waals surface area contributed by atoms with Gasteiger partial charge in [-0.3, -0.25) is 4.90 Å². The summed E-state index contributed by atoms with van der Waals surface area (Å²) in [6, 6.07) is 8.21. The summed E-state index contributed by atoms with van der Waals surface area (Å²) < 4.78 is 36.7. The molecule has 0 aromatic heterocycles. The number of nitrogens with zero attached hydrogens (tertiary/aromatic N) is 1. The fourth-order valence-electron chi connectivity index (χ4n) is 2.69. The first kappa shape index (κ1) is 15.3. The molecule has 1 unspecified atom stereocenters. The monoisotopic (exact) mass is 286 g/mol. The van der Waals surface area contributed by atoms with Crippen LogP contribution in [-0.4, -0.2) is 36.8 Å². The summed E-state index contributed by atoms with van der Waals surface area (Å²) in [4.78, 5) is 2.23. The lowest BCUT2D eigenvalue weighted by atomic mass is 10.0. The Balaban J connectivity index is 1.84. The predicted octanol–water partition coefficient (Wildman–Crippen LogP) is 3.11. The Kier molecular flexibility index (Phi) is 5.05. The first-order valence-corrected chi connectivity index (χ1v) is 7.00. The number of rotatable bonds is 4. The van der Waals surface area contributed by atoms with Crippen molar-refractivity contribution in [3.8, 4) is 0 Å². The fourth-order valence-corrected chi connectivity index (χ4v) is 2.69. The average Bonchev–Trinajstić information content (AvgIpc) is 2.36. The molecule has 1 N–H and O–H groups in total. The highest BCUT2D eigenvalue weighted by atomic mass is 19.4. The SMILES string of the molecule is Cc1cccc(CN2CCCC(NCC(F)(F)F)C2)c1. The molecule has 1 aliphatic rings. The van der Waals surface area contributed by atoms with E-state index in [1.54, 1.807) is 0 Å². The number of likely N-dealkylation sites (tertiary alicyclic amines) is 1. The zero-order valence-electron chi connectivity index (χ0n) is 11.7. The molecule has 112 valence electrons. The minimum absolute atomic E-state index is 0.0600. The van der Waals surface area contributed by atoms with Gasteiger partial charge < -0.3 is 5.32 Å². The fraction of sp³-hybridized carbons (Fsp3) is 0.600. The van der Waals surface area contributed by atoms with Crippen molar-refractivity contribution in [3.63, 3.8) is 0 Å². The van der Waals surface area contributed by atoms with Crippen molar-refractivity contribution in [2.24, 2.45) is 0 Å². The maximum atomic E-state index is 12.2. The molecule has 1 aliphatic heterocycles. The zero-order chi connectivity index (χ0) is 14.6. The van der Waals surface area contributed by atoms with Crippen LogP contribution in [0, 0.1) is 6.92 Å². The maximum absolute atomic E-state index is 12.2. The quantitative estimate of drug-likeness (QED) is 0.915. The molecule has 20 heavy (non-hydrogen) atoms. The molecule has 5 heteroatoms. The van der Waals surface area contributed by atoms with E-state index in [4.69, 9.17) is 0 Å². The van der Waals surface area contributed by atoms with Gasteiger partial charge in [0.15, 0.2) is 0 Å². The summed E-state index contributed by atoms with van der Waals surface area (Å²) >= 11 is 0. The normalized spacial score (nSPS) is 21.1. The number of aryl methyl sites for hydroxylation is 1. The van der Waals surface area contributed by atoms with Crippen LogP contribution in [-0.2, 0) is 6.54 Å². The molecule has 2 rings (SSSR count). The lowest BCUT2D eigenvalue weighted by molar-refractivity contribution is -0.127. The van der Waals surface area contributed by atoms with E-state index < -0.39 is 12.7 Å². The van der Waals surface area contributed by atoms with Crippen LogP contribution < -0.4 is 5.32 Å². The van der Waals surface area contributed by atoms with Crippen LogP contribution >= 0.6 is 0 Å². The highest BCUT2D eigenvalue weighted by Crippen LogP contribution is 2.17. The van der Waals surface area contributed by atoms with Gasteiger partial charge in [-0.15, -0.1) is 0 Å². The average molecular weight is 286 g/mol. The standard InChI is InChI=1S/C15H21F3N2/c1-12-4-2-5-13(8-12)9-20-7-3-6-14(10-20)19-11-15(16,17)18/h2,4-5,8,14,19H,3,6-7,9-11H2,1H3. The lowest BCUT2D eigenvalue weighted by Crippen LogP contribution is -2.47. The van der Waals surface area contributed by atoms with Gasteiger partial charge in [0.1, 0.15) is 0 Å². The molecule has 0 saturated carbocycles. The van der Waals surface area contributed by atoms with Crippen molar-refractivity contribution < 1.29 is 13.2 Å². The Labute approximate surface area is 118 Å². The van der Waals surface area contributed by atoms with Gasteiger partial charge in [0, 0.05) is 19.1 Å². The Hall–Kier alpha value is -1.07. The van der Waals surface area contributed by atoms with Crippen molar-refractivity contribution in [2.75, 3.05) is 19.6 Å². The van der Waals surface area contributed by atoms with Crippen LogP contribution in [0.15, 0.2) is 24.3 Å². The van der Waals surface area contributed by atoms with Crippen molar-refractivity contribution in [1.82, 2.24) is 10.2 Å². The number of piperidine rings is 1. The summed E-state index contributed by atoms with van der Waals surface area (Å²) in [5.41, 5.74) is 2.44. The molecule has 1 heterocycles. The summed E-state index contributed by atoms with van der Waals surface area (Å²) in [5, 5.41) is 2.62. The number of alkyl halides is 3. The second-order valence-electron chi connectivity index (χ2n) is 5.56. The van der Waals surface area contributed by atoms with Crippen LogP contribution in [0.3, 0.4) is 0 Å². The minimum Gasteiger partial charge on any atom is -0.305 e. The third-order valence-electron chi connectivity index (χ3n) is 3.59. The smallest absolute Gasteiger partial charge is 0.305 e. The van der Waals surface area contributed by atoms with E-state index in [1.165, 1.54) is 11.1 Å². The summed E-state index contributed by atoms with van der Waals surface area (Å²) in [6.45, 7) is 3.61. The number of hydrogen-bond donors (Lipinski definition) is 1. The molecule has 0 spiro atoms. The van der Waals surface area contributed by atoms with E-state index in [2.05, 4.69) is 22.3 Å². The molecule has 1 aromatic rings. The number of halogens is 3. The van der Waals surface area contributed by atoms with Gasteiger partial charge in [-0.1, -0.05) is 29.8 Å². The largest absolute Gasteiger partial charge is 0.401 e. The van der Waals surface area contributed by atoms with Crippen LogP contribution in [0.25, 0.3) is 0 Å². The second kappa shape index (κ2) is 6.59. The van der Waals surface area contributed by atoms with Crippen LogP contribution in [0.2, 0.25) is 0 Å². The van der Waals surface area contributed by atoms with Crippen molar-refractivity contribution >= 4 is 0 Å². The summed E-state index contributed by atoms with van der Waals surface area (Å²) in [5.74, 6) is 0. The van der Waals surface area contributed by atoms with Crippen molar-refractivity contribution in [1.29, 1.82) is 0 Å². The minimum atomic E-state index is -4.13. The van der Waals surface area contributed by atoms with Gasteiger partial charge in [-0.2, -0.15) is 13.2 Å². The lowest BCUT2D eigenvalue weighted by Gasteiger charge is -2.33. The Morgan fingerprint density at radius 2 is 2.15 bits per heavy atom. The van der Waals surface area contributed by atoms with E-state index in [0.29, 0.717) is 6.54 Å². The number of benzene rings is 1. The van der Waals surface area contributed by atoms with Gasteiger partial charge in [0.25, 0.3) is 0 Å². The molecule has 0 radical (unpaired) electrons. The van der Waals surface area contributed by atoms with E-state index in [9.17, 15) is 13.2 Å². The van der Waals surface area contributed by atoms with Gasteiger partial charge in [-0.25, -0.2) is 0 Å². The van der Waals surface area contributed by atoms with E-state index in [-0.39, 0.29) is 6.04 Å². The molecule has 1 saturated heterocycles. The Morgan fingerprint density at radius 1 is 1.35 bits per heavy atom. The van der Waals surface area contributed by atoms with Crippen molar-refractivity contribution in [2.45, 2.75) is 38.5 Å². The van der Waals surface area contributed by atoms with Gasteiger partial charge in [0.05, 0.1) is 6.54 Å². The maximum Gasteiger partial charge on any atom is 0.401 e.